The van der Waals surface area contributed by atoms with E-state index in [9.17, 15) is 5.11 Å². The molecule has 1 aromatic rings. The third kappa shape index (κ3) is 4.38. The first-order chi connectivity index (χ1) is 11.2. The summed E-state index contributed by atoms with van der Waals surface area (Å²) in [6.45, 7) is 0.770. The predicted octanol–water partition coefficient (Wildman–Crippen LogP) is 2.82. The van der Waals surface area contributed by atoms with Crippen LogP contribution in [-0.4, -0.2) is 37.1 Å². The molecule has 3 rings (SSSR count). The molecule has 0 aliphatic heterocycles. The van der Waals surface area contributed by atoms with Crippen LogP contribution in [0.4, 0.5) is 11.4 Å². The lowest BCUT2D eigenvalue weighted by Gasteiger charge is -2.22. The second-order valence-electron chi connectivity index (χ2n) is 6.72. The number of hydrogen-bond donors (Lipinski definition) is 3. The molecule has 0 heterocycles. The predicted molar refractivity (Wildman–Crippen MR) is 94.5 cm³/mol. The highest BCUT2D eigenvalue weighted by atomic mass is 16.5. The van der Waals surface area contributed by atoms with E-state index >= 15 is 0 Å². The lowest BCUT2D eigenvalue weighted by Crippen LogP contribution is -2.20. The monoisotopic (exact) mass is 317 g/mol. The number of nitrogens with one attached hydrogen (secondary N) is 1. The first-order valence-electron chi connectivity index (χ1n) is 8.61. The third-order valence-corrected chi connectivity index (χ3v) is 4.72. The maximum absolute atomic E-state index is 9.56. The van der Waals surface area contributed by atoms with Crippen LogP contribution in [0.15, 0.2) is 17.1 Å². The van der Waals surface area contributed by atoms with Crippen molar-refractivity contribution in [2.45, 2.75) is 50.7 Å². The van der Waals surface area contributed by atoms with Crippen molar-refractivity contribution < 1.29 is 9.84 Å². The van der Waals surface area contributed by atoms with Crippen LogP contribution in [0.5, 0.6) is 5.75 Å². The highest BCUT2D eigenvalue weighted by Gasteiger charge is 2.22. The summed E-state index contributed by atoms with van der Waals surface area (Å²) in [5.41, 5.74) is 8.72. The molecule has 0 unspecified atom stereocenters. The van der Waals surface area contributed by atoms with Gasteiger partial charge in [-0.3, -0.25) is 4.99 Å². The molecule has 0 atom stereocenters. The van der Waals surface area contributed by atoms with Gasteiger partial charge in [0.05, 0.1) is 24.4 Å². The lowest BCUT2D eigenvalue weighted by molar-refractivity contribution is 0.123. The fourth-order valence-electron chi connectivity index (χ4n) is 2.92. The van der Waals surface area contributed by atoms with E-state index in [1.54, 1.807) is 0 Å². The second kappa shape index (κ2) is 7.21. The number of nitrogens with zero attached hydrogens (tertiary/aromatic N) is 1. The molecule has 5 nitrogen and oxygen atoms in total. The van der Waals surface area contributed by atoms with Crippen molar-refractivity contribution in [1.29, 1.82) is 0 Å². The van der Waals surface area contributed by atoms with E-state index in [4.69, 9.17) is 10.5 Å². The van der Waals surface area contributed by atoms with Crippen molar-refractivity contribution in [3.8, 4) is 5.75 Å². The number of rotatable bonds is 6. The van der Waals surface area contributed by atoms with E-state index in [2.05, 4.69) is 10.3 Å². The number of aliphatic hydroxyl groups is 1. The SMILES string of the molecule is CNc1cc(C=NC2CCC(O)CC2)c(N)cc1OCC1CC1. The molecule has 126 valence electrons. The van der Waals surface area contributed by atoms with E-state index in [1.807, 2.05) is 25.4 Å². The maximum Gasteiger partial charge on any atom is 0.144 e. The average molecular weight is 317 g/mol. The van der Waals surface area contributed by atoms with Crippen LogP contribution >= 0.6 is 0 Å². The van der Waals surface area contributed by atoms with Crippen molar-refractivity contribution >= 4 is 17.6 Å². The molecule has 2 saturated carbocycles. The number of anilines is 2. The molecular formula is C18H27N3O2. The molecule has 0 saturated heterocycles. The Hall–Kier alpha value is -1.75. The molecule has 0 spiro atoms. The standard InChI is InChI=1S/C18H27N3O2/c1-20-17-8-13(10-21-14-4-6-15(22)7-5-14)16(19)9-18(17)23-11-12-2-3-12/h8-10,12,14-15,20,22H,2-7,11,19H2,1H3. The molecule has 0 bridgehead atoms. The van der Waals surface area contributed by atoms with Crippen LogP contribution in [0.3, 0.4) is 0 Å². The molecule has 0 aromatic heterocycles. The third-order valence-electron chi connectivity index (χ3n) is 4.72. The van der Waals surface area contributed by atoms with Gasteiger partial charge in [-0.1, -0.05) is 0 Å². The number of nitrogen functional groups attached to an aromatic ring is 1. The smallest absolute Gasteiger partial charge is 0.144 e. The molecule has 0 radical (unpaired) electrons. The highest BCUT2D eigenvalue weighted by molar-refractivity contribution is 5.90. The maximum atomic E-state index is 9.56. The molecule has 2 aliphatic rings. The second-order valence-corrected chi connectivity index (χ2v) is 6.72. The minimum absolute atomic E-state index is 0.148. The van der Waals surface area contributed by atoms with Crippen LogP contribution in [0.1, 0.15) is 44.1 Å². The Morgan fingerprint density at radius 2 is 2.00 bits per heavy atom. The van der Waals surface area contributed by atoms with E-state index in [1.165, 1.54) is 12.8 Å². The van der Waals surface area contributed by atoms with Gasteiger partial charge in [0.1, 0.15) is 5.75 Å². The zero-order valence-corrected chi connectivity index (χ0v) is 13.8. The van der Waals surface area contributed by atoms with Crippen molar-refractivity contribution in [2.75, 3.05) is 24.7 Å². The molecule has 23 heavy (non-hydrogen) atoms. The normalized spacial score (nSPS) is 24.8. The summed E-state index contributed by atoms with van der Waals surface area (Å²) in [7, 11) is 1.89. The first-order valence-corrected chi connectivity index (χ1v) is 8.61. The van der Waals surface area contributed by atoms with Gasteiger partial charge in [-0.25, -0.2) is 0 Å². The van der Waals surface area contributed by atoms with E-state index < -0.39 is 0 Å². The van der Waals surface area contributed by atoms with Crippen LogP contribution in [0, 0.1) is 5.92 Å². The number of ether oxygens (including phenoxy) is 1. The Kier molecular flexibility index (Phi) is 5.06. The molecule has 2 fully saturated rings. The molecule has 5 heteroatoms. The Morgan fingerprint density at radius 1 is 1.26 bits per heavy atom. The lowest BCUT2D eigenvalue weighted by atomic mass is 9.93. The van der Waals surface area contributed by atoms with Gasteiger partial charge in [-0.2, -0.15) is 0 Å². The van der Waals surface area contributed by atoms with Gasteiger partial charge in [0.2, 0.25) is 0 Å². The molecule has 4 N–H and O–H groups in total. The number of aliphatic imine (C=N–C) groups is 1. The first kappa shape index (κ1) is 16.1. The molecule has 1 aromatic carbocycles. The fourth-order valence-corrected chi connectivity index (χ4v) is 2.92. The van der Waals surface area contributed by atoms with Crippen molar-refractivity contribution in [2.24, 2.45) is 10.9 Å². The van der Waals surface area contributed by atoms with Gasteiger partial charge in [0.25, 0.3) is 0 Å². The zero-order valence-electron chi connectivity index (χ0n) is 13.8. The summed E-state index contributed by atoms with van der Waals surface area (Å²) in [6.07, 6.45) is 7.82. The Bertz CT molecular complexity index is 562. The fraction of sp³-hybridized carbons (Fsp3) is 0.611. The van der Waals surface area contributed by atoms with Crippen LogP contribution < -0.4 is 15.8 Å². The van der Waals surface area contributed by atoms with Gasteiger partial charge >= 0.3 is 0 Å². The summed E-state index contributed by atoms with van der Waals surface area (Å²) >= 11 is 0. The van der Waals surface area contributed by atoms with Gasteiger partial charge in [0, 0.05) is 30.6 Å². The topological polar surface area (TPSA) is 79.9 Å². The quantitative estimate of drug-likeness (QED) is 0.557. The summed E-state index contributed by atoms with van der Waals surface area (Å²) in [6, 6.07) is 4.18. The Morgan fingerprint density at radius 3 is 2.65 bits per heavy atom. The van der Waals surface area contributed by atoms with Crippen LogP contribution in [0.2, 0.25) is 0 Å². The van der Waals surface area contributed by atoms with E-state index in [-0.39, 0.29) is 6.10 Å². The van der Waals surface area contributed by atoms with Crippen molar-refractivity contribution in [3.63, 3.8) is 0 Å². The van der Waals surface area contributed by atoms with Crippen molar-refractivity contribution in [3.05, 3.63) is 17.7 Å². The largest absolute Gasteiger partial charge is 0.491 e. The summed E-state index contributed by atoms with van der Waals surface area (Å²) in [5, 5.41) is 12.7. The van der Waals surface area contributed by atoms with Gasteiger partial charge in [0.15, 0.2) is 0 Å². The van der Waals surface area contributed by atoms with E-state index in [0.717, 1.165) is 49.3 Å². The summed E-state index contributed by atoms with van der Waals surface area (Å²) in [5.74, 6) is 1.53. The number of hydrogen-bond acceptors (Lipinski definition) is 5. The van der Waals surface area contributed by atoms with Crippen LogP contribution in [0.25, 0.3) is 0 Å². The van der Waals surface area contributed by atoms with Gasteiger partial charge < -0.3 is 20.9 Å². The van der Waals surface area contributed by atoms with Gasteiger partial charge in [-0.05, 0) is 50.5 Å². The summed E-state index contributed by atoms with van der Waals surface area (Å²) < 4.78 is 5.88. The van der Waals surface area contributed by atoms with E-state index in [0.29, 0.717) is 17.6 Å². The Labute approximate surface area is 137 Å². The number of aliphatic hydroxyl groups excluding tert-OH is 1. The van der Waals surface area contributed by atoms with Crippen LogP contribution in [-0.2, 0) is 0 Å². The van der Waals surface area contributed by atoms with Gasteiger partial charge in [-0.15, -0.1) is 0 Å². The molecule has 2 aliphatic carbocycles. The summed E-state index contributed by atoms with van der Waals surface area (Å²) in [4.78, 5) is 4.65. The number of nitrogens with two attached hydrogens (primary N) is 1. The molecular weight excluding hydrogens is 290 g/mol. The molecule has 0 amide bonds. The Balaban J connectivity index is 1.68. The minimum atomic E-state index is -0.148. The zero-order chi connectivity index (χ0) is 16.2. The highest BCUT2D eigenvalue weighted by Crippen LogP contribution is 2.34. The van der Waals surface area contributed by atoms with Crippen molar-refractivity contribution in [1.82, 2.24) is 0 Å². The average Bonchev–Trinajstić information content (AvgIpc) is 3.37. The minimum Gasteiger partial charge on any atom is -0.491 e. The number of benzene rings is 1.